The van der Waals surface area contributed by atoms with Gasteiger partial charge in [-0.25, -0.2) is 4.79 Å². The van der Waals surface area contributed by atoms with E-state index in [-0.39, 0.29) is 0 Å². The Balaban J connectivity index is 2.67. The van der Waals surface area contributed by atoms with Gasteiger partial charge < -0.3 is 14.6 Å². The Bertz CT molecular complexity index is 434. The van der Waals surface area contributed by atoms with Crippen LogP contribution in [0.25, 0.3) is 0 Å². The highest BCUT2D eigenvalue weighted by atomic mass is 16.7. The first kappa shape index (κ1) is 16.2. The van der Waals surface area contributed by atoms with Crippen molar-refractivity contribution in [3.63, 3.8) is 0 Å². The van der Waals surface area contributed by atoms with Crippen molar-refractivity contribution in [2.24, 2.45) is 0 Å². The van der Waals surface area contributed by atoms with Gasteiger partial charge in [0.05, 0.1) is 0 Å². The molecule has 0 aliphatic carbocycles. The number of hydrogen-bond donors (Lipinski definition) is 1. The summed E-state index contributed by atoms with van der Waals surface area (Å²) in [5, 5.41) is 9.60. The molecule has 0 aliphatic rings. The molecule has 1 rings (SSSR count). The molecule has 1 N–H and O–H groups in total. The molecule has 0 aromatic heterocycles. The normalized spacial score (nSPS) is 14.0. The molecule has 2 unspecified atom stereocenters. The third kappa shape index (κ3) is 5.45. The van der Waals surface area contributed by atoms with Crippen LogP contribution in [0.3, 0.4) is 0 Å². The largest absolute Gasteiger partial charge is 0.452 e. The lowest BCUT2D eigenvalue weighted by atomic mass is 10.1. The highest BCUT2D eigenvalue weighted by molar-refractivity contribution is 5.81. The maximum Gasteiger partial charge on any atom is 0.333 e. The van der Waals surface area contributed by atoms with Crippen LogP contribution >= 0.6 is 0 Å². The Morgan fingerprint density at radius 2 is 2.00 bits per heavy atom. The summed E-state index contributed by atoms with van der Waals surface area (Å²) in [5.41, 5.74) is 1.22. The van der Waals surface area contributed by atoms with Gasteiger partial charge in [-0.15, -0.1) is 0 Å². The van der Waals surface area contributed by atoms with Crippen molar-refractivity contribution in [2.45, 2.75) is 46.0 Å². The van der Waals surface area contributed by atoms with Gasteiger partial charge in [0.25, 0.3) is 6.29 Å². The molecule has 1 aromatic carbocycles. The molecule has 0 aliphatic heterocycles. The lowest BCUT2D eigenvalue weighted by Crippen LogP contribution is -2.34. The Labute approximate surface area is 120 Å². The van der Waals surface area contributed by atoms with Crippen LogP contribution in [0.4, 0.5) is 0 Å². The first-order valence-corrected chi connectivity index (χ1v) is 6.83. The zero-order valence-corrected chi connectivity index (χ0v) is 12.2. The molecule has 0 saturated carbocycles. The number of aryl methyl sites for hydroxylation is 1. The summed E-state index contributed by atoms with van der Waals surface area (Å²) in [6, 6.07) is 7.55. The summed E-state index contributed by atoms with van der Waals surface area (Å²) >= 11 is 0. The number of rotatable bonds is 7. The number of allylic oxidation sites excluding steroid dienone is 1. The Kier molecular flexibility index (Phi) is 6.81. The average molecular weight is 278 g/mol. The van der Waals surface area contributed by atoms with Gasteiger partial charge in [-0.1, -0.05) is 31.6 Å². The van der Waals surface area contributed by atoms with Crippen molar-refractivity contribution >= 4 is 5.97 Å². The van der Waals surface area contributed by atoms with Gasteiger partial charge >= 0.3 is 5.97 Å². The van der Waals surface area contributed by atoms with E-state index in [1.165, 1.54) is 18.6 Å². The summed E-state index contributed by atoms with van der Waals surface area (Å²) in [5.74, 6) is 0.0186. The topological polar surface area (TPSA) is 55.8 Å². The zero-order valence-electron chi connectivity index (χ0n) is 12.2. The van der Waals surface area contributed by atoms with E-state index in [1.807, 2.05) is 24.3 Å². The number of esters is 1. The minimum absolute atomic E-state index is 0.541. The predicted molar refractivity (Wildman–Crippen MR) is 77.4 cm³/mol. The van der Waals surface area contributed by atoms with Crippen molar-refractivity contribution in [1.29, 1.82) is 0 Å². The van der Waals surface area contributed by atoms with Gasteiger partial charge in [-0.2, -0.15) is 0 Å². The lowest BCUT2D eigenvalue weighted by molar-refractivity contribution is -0.172. The van der Waals surface area contributed by atoms with Crippen LogP contribution < -0.4 is 4.74 Å². The number of benzene rings is 1. The van der Waals surface area contributed by atoms with E-state index in [0.717, 1.165) is 12.8 Å². The Morgan fingerprint density at radius 1 is 1.35 bits per heavy atom. The van der Waals surface area contributed by atoms with Crippen LogP contribution in [0.5, 0.6) is 5.75 Å². The van der Waals surface area contributed by atoms with Crippen molar-refractivity contribution in [2.75, 3.05) is 0 Å². The monoisotopic (exact) mass is 278 g/mol. The van der Waals surface area contributed by atoms with E-state index in [2.05, 4.69) is 6.92 Å². The number of aliphatic hydroxyl groups is 1. The molecule has 1 aromatic rings. The molecular formula is C16H22O4. The lowest BCUT2D eigenvalue weighted by Gasteiger charge is -2.21. The quantitative estimate of drug-likeness (QED) is 0.473. The van der Waals surface area contributed by atoms with Gasteiger partial charge in [0, 0.05) is 6.08 Å². The van der Waals surface area contributed by atoms with Gasteiger partial charge in [0.15, 0.2) is 0 Å². The zero-order chi connectivity index (χ0) is 15.0. The van der Waals surface area contributed by atoms with Crippen LogP contribution in [0.1, 0.15) is 32.8 Å². The molecule has 0 saturated heterocycles. The summed E-state index contributed by atoms with van der Waals surface area (Å²) in [4.78, 5) is 11.4. The van der Waals surface area contributed by atoms with E-state index in [0.29, 0.717) is 5.75 Å². The molecule has 4 heteroatoms. The Hall–Kier alpha value is -1.81. The number of carbonyl (C=O) groups is 1. The molecule has 0 amide bonds. The van der Waals surface area contributed by atoms with E-state index < -0.39 is 18.4 Å². The standard InChI is InChI=1S/C16H22O4/c1-4-6-13-8-10-14(11-9-13)19-16(12(3)17)20-15(18)7-5-2/h5,7-12,16-17H,4,6H2,1-3H3. The van der Waals surface area contributed by atoms with E-state index in [4.69, 9.17) is 9.47 Å². The first-order valence-electron chi connectivity index (χ1n) is 6.83. The third-order valence-corrected chi connectivity index (χ3v) is 2.64. The smallest absolute Gasteiger partial charge is 0.333 e. The number of hydrogen-bond acceptors (Lipinski definition) is 4. The van der Waals surface area contributed by atoms with Crippen LogP contribution in [0.15, 0.2) is 36.4 Å². The third-order valence-electron chi connectivity index (χ3n) is 2.64. The summed E-state index contributed by atoms with van der Waals surface area (Å²) in [6.45, 7) is 5.35. The summed E-state index contributed by atoms with van der Waals surface area (Å²) in [6.07, 6.45) is 3.01. The molecule has 2 atom stereocenters. The number of carbonyl (C=O) groups excluding carboxylic acids is 1. The Morgan fingerprint density at radius 3 is 2.50 bits per heavy atom. The second kappa shape index (κ2) is 8.38. The molecule has 0 heterocycles. The molecule has 0 fully saturated rings. The molecule has 20 heavy (non-hydrogen) atoms. The second-order valence-electron chi connectivity index (χ2n) is 4.56. The summed E-state index contributed by atoms with van der Waals surface area (Å²) in [7, 11) is 0. The highest BCUT2D eigenvalue weighted by Gasteiger charge is 2.20. The minimum Gasteiger partial charge on any atom is -0.452 e. The SMILES string of the molecule is CC=CC(=O)OC(Oc1ccc(CCC)cc1)C(C)O. The maximum absolute atomic E-state index is 11.4. The van der Waals surface area contributed by atoms with Crippen molar-refractivity contribution in [1.82, 2.24) is 0 Å². The van der Waals surface area contributed by atoms with Crippen LogP contribution in [-0.2, 0) is 16.0 Å². The fraction of sp³-hybridized carbons (Fsp3) is 0.438. The van der Waals surface area contributed by atoms with Crippen LogP contribution in [0, 0.1) is 0 Å². The van der Waals surface area contributed by atoms with Crippen molar-refractivity contribution < 1.29 is 19.4 Å². The fourth-order valence-electron chi connectivity index (χ4n) is 1.67. The molecule has 0 bridgehead atoms. The van der Waals surface area contributed by atoms with Gasteiger partial charge in [0.2, 0.25) is 0 Å². The van der Waals surface area contributed by atoms with Gasteiger partial charge in [-0.3, -0.25) is 0 Å². The van der Waals surface area contributed by atoms with E-state index in [9.17, 15) is 9.90 Å². The molecule has 110 valence electrons. The average Bonchev–Trinajstić information content (AvgIpc) is 2.40. The summed E-state index contributed by atoms with van der Waals surface area (Å²) < 4.78 is 10.5. The van der Waals surface area contributed by atoms with E-state index >= 15 is 0 Å². The molecular weight excluding hydrogens is 256 g/mol. The van der Waals surface area contributed by atoms with E-state index in [1.54, 1.807) is 13.0 Å². The second-order valence-corrected chi connectivity index (χ2v) is 4.56. The number of ether oxygens (including phenoxy) is 2. The maximum atomic E-state index is 11.4. The number of aliphatic hydroxyl groups excluding tert-OH is 1. The van der Waals surface area contributed by atoms with Crippen LogP contribution in [-0.4, -0.2) is 23.5 Å². The molecule has 0 spiro atoms. The minimum atomic E-state index is -1.02. The highest BCUT2D eigenvalue weighted by Crippen LogP contribution is 2.16. The first-order chi connectivity index (χ1) is 9.56. The van der Waals surface area contributed by atoms with Crippen molar-refractivity contribution in [3.05, 3.63) is 42.0 Å². The van der Waals surface area contributed by atoms with Crippen molar-refractivity contribution in [3.8, 4) is 5.75 Å². The van der Waals surface area contributed by atoms with Gasteiger partial charge in [-0.05, 0) is 38.0 Å². The molecule has 0 radical (unpaired) electrons. The molecule has 4 nitrogen and oxygen atoms in total. The predicted octanol–water partition coefficient (Wildman–Crippen LogP) is 2.84. The van der Waals surface area contributed by atoms with Crippen LogP contribution in [0.2, 0.25) is 0 Å². The fourth-order valence-corrected chi connectivity index (χ4v) is 1.67. The van der Waals surface area contributed by atoms with Gasteiger partial charge in [0.1, 0.15) is 11.9 Å².